The summed E-state index contributed by atoms with van der Waals surface area (Å²) in [5.74, 6) is -0.768. The van der Waals surface area contributed by atoms with Gasteiger partial charge in [0.1, 0.15) is 5.82 Å². The quantitative estimate of drug-likeness (QED) is 0.838. The molecule has 0 radical (unpaired) electrons. The number of carbonyl (C=O) groups excluding carboxylic acids is 1. The van der Waals surface area contributed by atoms with Crippen LogP contribution in [0.25, 0.3) is 0 Å². The number of anilines is 2. The van der Waals surface area contributed by atoms with E-state index in [9.17, 15) is 9.18 Å². The fraction of sp³-hybridized carbons (Fsp3) is 0. The molecule has 17 heavy (non-hydrogen) atoms. The zero-order valence-corrected chi connectivity index (χ0v) is 10.1. The third kappa shape index (κ3) is 2.65. The molecule has 1 heterocycles. The minimum absolute atomic E-state index is 0.139. The molecule has 0 unspecified atom stereocenters. The van der Waals surface area contributed by atoms with Crippen LogP contribution in [0.5, 0.6) is 0 Å². The van der Waals surface area contributed by atoms with Gasteiger partial charge >= 0.3 is 0 Å². The van der Waals surface area contributed by atoms with Gasteiger partial charge in [0, 0.05) is 0 Å². The molecule has 0 spiro atoms. The number of nitrogens with one attached hydrogen (secondary N) is 1. The largest absolute Gasteiger partial charge is 0.444 e. The highest BCUT2D eigenvalue weighted by atomic mass is 79.9. The molecule has 0 bridgehead atoms. The molecule has 1 aromatic heterocycles. The summed E-state index contributed by atoms with van der Waals surface area (Å²) in [5, 5.41) is 2.52. The smallest absolute Gasteiger partial charge is 0.291 e. The lowest BCUT2D eigenvalue weighted by atomic mass is 10.2. The molecule has 3 N–H and O–H groups in total. The van der Waals surface area contributed by atoms with Crippen LogP contribution in [0.15, 0.2) is 39.4 Å². The van der Waals surface area contributed by atoms with E-state index in [0.29, 0.717) is 10.4 Å². The molecule has 88 valence electrons. The number of rotatable bonds is 2. The number of hydrogen-bond acceptors (Lipinski definition) is 3. The predicted molar refractivity (Wildman–Crippen MR) is 65.2 cm³/mol. The van der Waals surface area contributed by atoms with Gasteiger partial charge in [0.05, 0.1) is 11.4 Å². The van der Waals surface area contributed by atoms with Crippen molar-refractivity contribution in [1.29, 1.82) is 0 Å². The summed E-state index contributed by atoms with van der Waals surface area (Å²) in [6, 6.07) is 6.85. The number of carbonyl (C=O) groups is 1. The number of halogens is 2. The van der Waals surface area contributed by atoms with Crippen LogP contribution in [0, 0.1) is 5.82 Å². The van der Waals surface area contributed by atoms with Gasteiger partial charge in [0.15, 0.2) is 10.4 Å². The lowest BCUT2D eigenvalue weighted by Crippen LogP contribution is -2.12. The van der Waals surface area contributed by atoms with Crippen molar-refractivity contribution in [2.75, 3.05) is 11.1 Å². The minimum Gasteiger partial charge on any atom is -0.444 e. The molecule has 0 fully saturated rings. The van der Waals surface area contributed by atoms with E-state index in [-0.39, 0.29) is 11.4 Å². The Morgan fingerprint density at radius 1 is 1.35 bits per heavy atom. The first-order valence-electron chi connectivity index (χ1n) is 4.68. The standard InChI is InChI=1S/C11H8BrFN2O2/c12-10-4-3-9(17-10)11(16)15-8-2-1-6(13)5-7(8)14/h1-5H,14H2,(H,15,16). The van der Waals surface area contributed by atoms with Crippen LogP contribution < -0.4 is 11.1 Å². The summed E-state index contributed by atoms with van der Waals surface area (Å²) < 4.78 is 18.3. The minimum atomic E-state index is -0.457. The normalized spacial score (nSPS) is 10.2. The van der Waals surface area contributed by atoms with Crippen molar-refractivity contribution in [3.05, 3.63) is 46.6 Å². The highest BCUT2D eigenvalue weighted by molar-refractivity contribution is 9.10. The average Bonchev–Trinajstić information content (AvgIpc) is 2.69. The van der Waals surface area contributed by atoms with Gasteiger partial charge in [-0.3, -0.25) is 4.79 Å². The number of hydrogen-bond donors (Lipinski definition) is 2. The third-order valence-corrected chi connectivity index (χ3v) is 2.49. The molecule has 2 rings (SSSR count). The zero-order chi connectivity index (χ0) is 12.4. The van der Waals surface area contributed by atoms with Crippen molar-refractivity contribution in [3.63, 3.8) is 0 Å². The third-order valence-electron chi connectivity index (χ3n) is 2.06. The number of benzene rings is 1. The van der Waals surface area contributed by atoms with E-state index in [2.05, 4.69) is 21.2 Å². The predicted octanol–water partition coefficient (Wildman–Crippen LogP) is 3.02. The average molecular weight is 299 g/mol. The first-order valence-corrected chi connectivity index (χ1v) is 5.47. The van der Waals surface area contributed by atoms with Gasteiger partial charge < -0.3 is 15.5 Å². The van der Waals surface area contributed by atoms with Gasteiger partial charge in [0.2, 0.25) is 0 Å². The molecule has 0 saturated heterocycles. The van der Waals surface area contributed by atoms with Gasteiger partial charge in [-0.1, -0.05) is 0 Å². The van der Waals surface area contributed by atoms with Crippen LogP contribution in [0.3, 0.4) is 0 Å². The van der Waals surface area contributed by atoms with Crippen molar-refractivity contribution in [1.82, 2.24) is 0 Å². The van der Waals surface area contributed by atoms with E-state index in [0.717, 1.165) is 6.07 Å². The number of nitrogen functional groups attached to an aromatic ring is 1. The molecule has 0 atom stereocenters. The summed E-state index contributed by atoms with van der Waals surface area (Å²) in [7, 11) is 0. The Morgan fingerprint density at radius 3 is 2.71 bits per heavy atom. The fourth-order valence-corrected chi connectivity index (χ4v) is 1.57. The van der Waals surface area contributed by atoms with Crippen molar-refractivity contribution >= 4 is 33.2 Å². The SMILES string of the molecule is Nc1cc(F)ccc1NC(=O)c1ccc(Br)o1. The Morgan fingerprint density at radius 2 is 2.12 bits per heavy atom. The van der Waals surface area contributed by atoms with Gasteiger partial charge in [-0.25, -0.2) is 4.39 Å². The van der Waals surface area contributed by atoms with Crippen LogP contribution in [-0.4, -0.2) is 5.91 Å². The highest BCUT2D eigenvalue weighted by Crippen LogP contribution is 2.21. The number of furan rings is 1. The topological polar surface area (TPSA) is 68.3 Å². The number of amides is 1. The van der Waals surface area contributed by atoms with E-state index < -0.39 is 11.7 Å². The second kappa shape index (κ2) is 4.58. The molecular formula is C11H8BrFN2O2. The zero-order valence-electron chi connectivity index (χ0n) is 8.54. The molecule has 1 amide bonds. The second-order valence-corrected chi connectivity index (χ2v) is 4.07. The maximum atomic E-state index is 12.8. The fourth-order valence-electron chi connectivity index (χ4n) is 1.27. The van der Waals surface area contributed by atoms with E-state index in [1.807, 2.05) is 0 Å². The van der Waals surface area contributed by atoms with Gasteiger partial charge in [-0.2, -0.15) is 0 Å². The Kier molecular flexibility index (Phi) is 3.14. The van der Waals surface area contributed by atoms with Crippen molar-refractivity contribution in [3.8, 4) is 0 Å². The Hall–Kier alpha value is -1.82. The van der Waals surface area contributed by atoms with E-state index in [4.69, 9.17) is 10.2 Å². The molecule has 1 aromatic carbocycles. The molecule has 0 saturated carbocycles. The van der Waals surface area contributed by atoms with Gasteiger partial charge in [-0.05, 0) is 46.3 Å². The summed E-state index contributed by atoms with van der Waals surface area (Å²) in [5.41, 5.74) is 6.05. The summed E-state index contributed by atoms with van der Waals surface area (Å²) in [6.45, 7) is 0. The number of nitrogens with two attached hydrogens (primary N) is 1. The van der Waals surface area contributed by atoms with Crippen LogP contribution in [-0.2, 0) is 0 Å². The molecule has 6 heteroatoms. The maximum absolute atomic E-state index is 12.8. The molecule has 4 nitrogen and oxygen atoms in total. The summed E-state index contributed by atoms with van der Waals surface area (Å²) >= 11 is 3.09. The maximum Gasteiger partial charge on any atom is 0.291 e. The van der Waals surface area contributed by atoms with Gasteiger partial charge in [0.25, 0.3) is 5.91 Å². The van der Waals surface area contributed by atoms with Crippen LogP contribution in [0.2, 0.25) is 0 Å². The molecule has 0 aliphatic carbocycles. The lowest BCUT2D eigenvalue weighted by molar-refractivity contribution is 0.0995. The van der Waals surface area contributed by atoms with Crippen LogP contribution >= 0.6 is 15.9 Å². The molecule has 2 aromatic rings. The summed E-state index contributed by atoms with van der Waals surface area (Å²) in [6.07, 6.45) is 0. The summed E-state index contributed by atoms with van der Waals surface area (Å²) in [4.78, 5) is 11.7. The van der Waals surface area contributed by atoms with E-state index >= 15 is 0 Å². The van der Waals surface area contributed by atoms with Gasteiger partial charge in [-0.15, -0.1) is 0 Å². The first-order chi connectivity index (χ1) is 8.06. The monoisotopic (exact) mass is 298 g/mol. The Bertz CT molecular complexity index is 568. The van der Waals surface area contributed by atoms with E-state index in [1.54, 1.807) is 6.07 Å². The van der Waals surface area contributed by atoms with Crippen molar-refractivity contribution < 1.29 is 13.6 Å². The van der Waals surface area contributed by atoms with Crippen molar-refractivity contribution in [2.45, 2.75) is 0 Å². The lowest BCUT2D eigenvalue weighted by Gasteiger charge is -2.06. The van der Waals surface area contributed by atoms with Crippen LogP contribution in [0.4, 0.5) is 15.8 Å². The first kappa shape index (κ1) is 11.7. The molecular weight excluding hydrogens is 291 g/mol. The van der Waals surface area contributed by atoms with E-state index in [1.165, 1.54) is 18.2 Å². The molecule has 0 aliphatic rings. The van der Waals surface area contributed by atoms with Crippen molar-refractivity contribution in [2.24, 2.45) is 0 Å². The highest BCUT2D eigenvalue weighted by Gasteiger charge is 2.12. The second-order valence-electron chi connectivity index (χ2n) is 3.29. The Balaban J connectivity index is 2.18. The molecule has 0 aliphatic heterocycles. The van der Waals surface area contributed by atoms with Crippen LogP contribution in [0.1, 0.15) is 10.6 Å². The Labute approximate surface area is 105 Å².